The van der Waals surface area contributed by atoms with Gasteiger partial charge in [0.1, 0.15) is 5.54 Å². The Balaban J connectivity index is 1.61. The van der Waals surface area contributed by atoms with Gasteiger partial charge in [0.2, 0.25) is 0 Å². The summed E-state index contributed by atoms with van der Waals surface area (Å²) in [6.45, 7) is 2.62. The minimum atomic E-state index is -0.818. The van der Waals surface area contributed by atoms with E-state index in [0.717, 1.165) is 38.5 Å². The second-order valence-corrected chi connectivity index (χ2v) is 7.17. The van der Waals surface area contributed by atoms with Gasteiger partial charge in [-0.15, -0.1) is 0 Å². The van der Waals surface area contributed by atoms with Crippen molar-refractivity contribution < 1.29 is 14.6 Å². The van der Waals surface area contributed by atoms with E-state index in [4.69, 9.17) is 4.74 Å². The van der Waals surface area contributed by atoms with Gasteiger partial charge in [-0.25, -0.2) is 0 Å². The van der Waals surface area contributed by atoms with Gasteiger partial charge in [0.15, 0.2) is 0 Å². The van der Waals surface area contributed by atoms with Crippen LogP contribution in [0.3, 0.4) is 0 Å². The lowest BCUT2D eigenvalue weighted by Gasteiger charge is -2.34. The standard InChI is InChI=1S/C16H27NO3/c1-11-3-2-4-14(9-11)20-10-16(15(18)19,12-5-6-12)17-13-7-8-13/h11-14,17H,2-10H2,1H3,(H,18,19). The fourth-order valence-corrected chi connectivity index (χ4v) is 3.52. The molecule has 0 bridgehead atoms. The second kappa shape index (κ2) is 5.64. The number of nitrogens with one attached hydrogen (secondary N) is 1. The molecule has 3 saturated carbocycles. The highest BCUT2D eigenvalue weighted by Crippen LogP contribution is 2.42. The molecule has 0 aliphatic heterocycles. The quantitative estimate of drug-likeness (QED) is 0.753. The van der Waals surface area contributed by atoms with E-state index in [9.17, 15) is 9.90 Å². The van der Waals surface area contributed by atoms with Crippen LogP contribution in [0.4, 0.5) is 0 Å². The van der Waals surface area contributed by atoms with Crippen molar-refractivity contribution >= 4 is 5.97 Å². The van der Waals surface area contributed by atoms with Crippen LogP contribution in [0.25, 0.3) is 0 Å². The third-order valence-corrected chi connectivity index (χ3v) is 5.13. The molecule has 3 aliphatic carbocycles. The van der Waals surface area contributed by atoms with Crippen molar-refractivity contribution in [1.82, 2.24) is 5.32 Å². The summed E-state index contributed by atoms with van der Waals surface area (Å²) < 4.78 is 6.07. The highest BCUT2D eigenvalue weighted by Gasteiger charge is 2.53. The molecule has 0 spiro atoms. The molecule has 114 valence electrons. The summed E-state index contributed by atoms with van der Waals surface area (Å²) >= 11 is 0. The first kappa shape index (κ1) is 14.3. The number of carbonyl (C=O) groups is 1. The maximum absolute atomic E-state index is 11.9. The zero-order chi connectivity index (χ0) is 14.2. The molecule has 2 N–H and O–H groups in total. The van der Waals surface area contributed by atoms with Gasteiger partial charge in [0.05, 0.1) is 12.7 Å². The second-order valence-electron chi connectivity index (χ2n) is 7.17. The largest absolute Gasteiger partial charge is 0.480 e. The molecule has 20 heavy (non-hydrogen) atoms. The molecule has 3 unspecified atom stereocenters. The molecule has 3 fully saturated rings. The maximum Gasteiger partial charge on any atom is 0.326 e. The molecule has 0 radical (unpaired) electrons. The van der Waals surface area contributed by atoms with Crippen LogP contribution >= 0.6 is 0 Å². The summed E-state index contributed by atoms with van der Waals surface area (Å²) in [6.07, 6.45) is 9.21. The Morgan fingerprint density at radius 3 is 2.55 bits per heavy atom. The molecule has 0 aromatic heterocycles. The molecule has 0 heterocycles. The van der Waals surface area contributed by atoms with Crippen LogP contribution in [-0.4, -0.2) is 35.4 Å². The van der Waals surface area contributed by atoms with Crippen molar-refractivity contribution in [2.24, 2.45) is 11.8 Å². The summed E-state index contributed by atoms with van der Waals surface area (Å²) in [5.74, 6) is 0.266. The molecular weight excluding hydrogens is 254 g/mol. The Bertz CT molecular complexity index is 365. The molecule has 0 aromatic rings. The molecule has 3 aliphatic rings. The third-order valence-electron chi connectivity index (χ3n) is 5.13. The van der Waals surface area contributed by atoms with Gasteiger partial charge < -0.3 is 9.84 Å². The highest BCUT2D eigenvalue weighted by molar-refractivity contribution is 5.80. The van der Waals surface area contributed by atoms with Crippen LogP contribution in [0.2, 0.25) is 0 Å². The van der Waals surface area contributed by atoms with Crippen molar-refractivity contribution in [1.29, 1.82) is 0 Å². The van der Waals surface area contributed by atoms with E-state index < -0.39 is 11.5 Å². The van der Waals surface area contributed by atoms with E-state index in [-0.39, 0.29) is 12.0 Å². The molecule has 0 saturated heterocycles. The SMILES string of the molecule is CC1CCCC(OCC(NC2CC2)(C(=O)O)C2CC2)C1. The van der Waals surface area contributed by atoms with Crippen molar-refractivity contribution in [3.8, 4) is 0 Å². The fourth-order valence-electron chi connectivity index (χ4n) is 3.52. The van der Waals surface area contributed by atoms with E-state index in [2.05, 4.69) is 12.2 Å². The van der Waals surface area contributed by atoms with Crippen molar-refractivity contribution in [2.75, 3.05) is 6.61 Å². The Kier molecular flexibility index (Phi) is 4.04. The zero-order valence-electron chi connectivity index (χ0n) is 12.4. The van der Waals surface area contributed by atoms with Crippen molar-refractivity contribution in [3.05, 3.63) is 0 Å². The van der Waals surface area contributed by atoms with E-state index in [1.54, 1.807) is 0 Å². The molecule has 4 heteroatoms. The predicted molar refractivity (Wildman–Crippen MR) is 76.6 cm³/mol. The number of carboxylic acid groups (broad SMARTS) is 1. The Hall–Kier alpha value is -0.610. The topological polar surface area (TPSA) is 58.6 Å². The normalized spacial score (nSPS) is 33.6. The van der Waals surface area contributed by atoms with Gasteiger partial charge in [-0.05, 0) is 50.4 Å². The molecule has 3 atom stereocenters. The molecule has 0 aromatic carbocycles. The zero-order valence-corrected chi connectivity index (χ0v) is 12.4. The number of hydrogen-bond donors (Lipinski definition) is 2. The van der Waals surface area contributed by atoms with E-state index in [1.807, 2.05) is 0 Å². The average Bonchev–Trinajstić information content (AvgIpc) is 3.26. The van der Waals surface area contributed by atoms with Gasteiger partial charge in [0, 0.05) is 6.04 Å². The van der Waals surface area contributed by atoms with Crippen molar-refractivity contribution in [2.45, 2.75) is 76.0 Å². The van der Waals surface area contributed by atoms with E-state index in [0.29, 0.717) is 18.6 Å². The lowest BCUT2D eigenvalue weighted by Crippen LogP contribution is -2.59. The lowest BCUT2D eigenvalue weighted by molar-refractivity contribution is -0.151. The van der Waals surface area contributed by atoms with Gasteiger partial charge in [-0.3, -0.25) is 10.1 Å². The highest BCUT2D eigenvalue weighted by atomic mass is 16.5. The monoisotopic (exact) mass is 281 g/mol. The van der Waals surface area contributed by atoms with Crippen LogP contribution in [0.5, 0.6) is 0 Å². The number of ether oxygens (including phenoxy) is 1. The first-order valence-corrected chi connectivity index (χ1v) is 8.23. The molecule has 3 rings (SSSR count). The van der Waals surface area contributed by atoms with Crippen LogP contribution in [0.15, 0.2) is 0 Å². The number of aliphatic carboxylic acids is 1. The summed E-state index contributed by atoms with van der Waals surface area (Å²) in [5, 5.41) is 13.1. The maximum atomic E-state index is 11.9. The van der Waals surface area contributed by atoms with Crippen LogP contribution in [0.1, 0.15) is 58.3 Å². The van der Waals surface area contributed by atoms with E-state index >= 15 is 0 Å². The summed E-state index contributed by atoms with van der Waals surface area (Å²) in [5.41, 5.74) is -0.818. The van der Waals surface area contributed by atoms with Gasteiger partial charge in [-0.1, -0.05) is 19.8 Å². The van der Waals surface area contributed by atoms with Gasteiger partial charge >= 0.3 is 5.97 Å². The van der Waals surface area contributed by atoms with Gasteiger partial charge in [-0.2, -0.15) is 0 Å². The first-order valence-electron chi connectivity index (χ1n) is 8.23. The van der Waals surface area contributed by atoms with Gasteiger partial charge in [0.25, 0.3) is 0 Å². The Morgan fingerprint density at radius 2 is 2.00 bits per heavy atom. The molecular formula is C16H27NO3. The van der Waals surface area contributed by atoms with Crippen molar-refractivity contribution in [3.63, 3.8) is 0 Å². The lowest BCUT2D eigenvalue weighted by atomic mass is 9.88. The number of carboxylic acids is 1. The minimum absolute atomic E-state index is 0.261. The van der Waals surface area contributed by atoms with Crippen LogP contribution < -0.4 is 5.32 Å². The smallest absolute Gasteiger partial charge is 0.326 e. The van der Waals surface area contributed by atoms with Crippen LogP contribution in [0, 0.1) is 11.8 Å². The number of hydrogen-bond acceptors (Lipinski definition) is 3. The third kappa shape index (κ3) is 3.17. The van der Waals surface area contributed by atoms with Crippen LogP contribution in [-0.2, 0) is 9.53 Å². The molecule has 0 amide bonds. The minimum Gasteiger partial charge on any atom is -0.480 e. The molecule has 4 nitrogen and oxygen atoms in total. The Labute approximate surface area is 121 Å². The fraction of sp³-hybridized carbons (Fsp3) is 0.938. The average molecular weight is 281 g/mol. The van der Waals surface area contributed by atoms with E-state index in [1.165, 1.54) is 12.8 Å². The predicted octanol–water partition coefficient (Wildman–Crippen LogP) is 2.57. The summed E-state index contributed by atoms with van der Waals surface area (Å²) in [6, 6.07) is 0.403. The number of rotatable bonds is 7. The summed E-state index contributed by atoms with van der Waals surface area (Å²) in [4.78, 5) is 11.9. The Morgan fingerprint density at radius 1 is 1.25 bits per heavy atom. The first-order chi connectivity index (χ1) is 9.60. The summed E-state index contributed by atoms with van der Waals surface area (Å²) in [7, 11) is 0.